The normalized spacial score (nSPS) is 25.5. The molecule has 2 aliphatic heterocycles. The maximum atomic E-state index is 12.7. The van der Waals surface area contributed by atoms with Crippen LogP contribution >= 0.6 is 0 Å². The van der Waals surface area contributed by atoms with Crippen molar-refractivity contribution < 1.29 is 13.2 Å². The number of carbonyl (C=O) groups is 1. The second-order valence-corrected chi connectivity index (χ2v) is 11.3. The lowest BCUT2D eigenvalue weighted by Gasteiger charge is -2.37. The van der Waals surface area contributed by atoms with Crippen LogP contribution in [0.2, 0.25) is 0 Å². The molecule has 1 saturated carbocycles. The zero-order chi connectivity index (χ0) is 20.6. The number of sulfone groups is 1. The van der Waals surface area contributed by atoms with Crippen molar-refractivity contribution in [2.45, 2.75) is 64.8 Å². The van der Waals surface area contributed by atoms with E-state index in [4.69, 9.17) is 5.10 Å². The van der Waals surface area contributed by atoms with Gasteiger partial charge in [-0.2, -0.15) is 5.10 Å². The van der Waals surface area contributed by atoms with Crippen LogP contribution in [-0.4, -0.2) is 66.7 Å². The summed E-state index contributed by atoms with van der Waals surface area (Å²) >= 11 is 0. The molecule has 162 valence electrons. The van der Waals surface area contributed by atoms with Crippen LogP contribution in [0, 0.1) is 19.8 Å². The SMILES string of the molecule is Cc1nn(C2CCS(=O)(=O)C2)c(C)c1N1CCN(C(=O)CC2CCCCC2)CC1. The Hall–Kier alpha value is -1.57. The first-order chi connectivity index (χ1) is 13.8. The molecule has 3 fully saturated rings. The van der Waals surface area contributed by atoms with Gasteiger partial charge in [-0.3, -0.25) is 9.48 Å². The molecule has 0 aromatic carbocycles. The van der Waals surface area contributed by atoms with Crippen molar-refractivity contribution in [3.8, 4) is 0 Å². The zero-order valence-electron chi connectivity index (χ0n) is 17.8. The second kappa shape index (κ2) is 8.28. The molecular formula is C21H34N4O3S. The van der Waals surface area contributed by atoms with E-state index in [-0.39, 0.29) is 17.5 Å². The van der Waals surface area contributed by atoms with Crippen molar-refractivity contribution in [1.29, 1.82) is 0 Å². The van der Waals surface area contributed by atoms with Gasteiger partial charge in [-0.1, -0.05) is 19.3 Å². The minimum Gasteiger partial charge on any atom is -0.365 e. The van der Waals surface area contributed by atoms with E-state index in [1.54, 1.807) is 0 Å². The Kier molecular flexibility index (Phi) is 5.91. The van der Waals surface area contributed by atoms with Crippen molar-refractivity contribution in [3.05, 3.63) is 11.4 Å². The first-order valence-corrected chi connectivity index (χ1v) is 12.9. The molecule has 0 bridgehead atoms. The number of aromatic nitrogens is 2. The molecule has 29 heavy (non-hydrogen) atoms. The third kappa shape index (κ3) is 4.47. The van der Waals surface area contributed by atoms with E-state index in [2.05, 4.69) is 4.90 Å². The third-order valence-corrected chi connectivity index (χ3v) is 8.73. The highest BCUT2D eigenvalue weighted by atomic mass is 32.2. The van der Waals surface area contributed by atoms with Crippen LogP contribution in [-0.2, 0) is 14.6 Å². The van der Waals surface area contributed by atoms with Crippen molar-refractivity contribution >= 4 is 21.4 Å². The van der Waals surface area contributed by atoms with Gasteiger partial charge in [0.05, 0.1) is 34.6 Å². The van der Waals surface area contributed by atoms with E-state index >= 15 is 0 Å². The first-order valence-electron chi connectivity index (χ1n) is 11.1. The number of anilines is 1. The smallest absolute Gasteiger partial charge is 0.222 e. The fraction of sp³-hybridized carbons (Fsp3) is 0.810. The van der Waals surface area contributed by atoms with Gasteiger partial charge < -0.3 is 9.80 Å². The molecule has 3 heterocycles. The molecule has 3 aliphatic rings. The topological polar surface area (TPSA) is 75.5 Å². The Morgan fingerprint density at radius 1 is 1.03 bits per heavy atom. The van der Waals surface area contributed by atoms with E-state index in [9.17, 15) is 13.2 Å². The number of rotatable bonds is 4. The average molecular weight is 423 g/mol. The predicted octanol–water partition coefficient (Wildman–Crippen LogP) is 2.48. The molecule has 1 atom stereocenters. The molecule has 0 N–H and O–H groups in total. The fourth-order valence-electron chi connectivity index (χ4n) is 5.38. The number of amides is 1. The van der Waals surface area contributed by atoms with E-state index in [1.807, 2.05) is 23.4 Å². The molecule has 1 aromatic rings. The summed E-state index contributed by atoms with van der Waals surface area (Å²) in [6, 6.07) is -0.0502. The molecule has 4 rings (SSSR count). The Morgan fingerprint density at radius 2 is 1.72 bits per heavy atom. The van der Waals surface area contributed by atoms with Crippen LogP contribution in [0.4, 0.5) is 5.69 Å². The predicted molar refractivity (Wildman–Crippen MR) is 114 cm³/mol. The van der Waals surface area contributed by atoms with Gasteiger partial charge in [-0.05, 0) is 39.0 Å². The number of aryl methyl sites for hydroxylation is 1. The monoisotopic (exact) mass is 422 g/mol. The Bertz CT molecular complexity index is 850. The highest BCUT2D eigenvalue weighted by Gasteiger charge is 2.33. The molecular weight excluding hydrogens is 388 g/mol. The van der Waals surface area contributed by atoms with Crippen LogP contribution in [0.5, 0.6) is 0 Å². The maximum Gasteiger partial charge on any atom is 0.222 e. The number of hydrogen-bond acceptors (Lipinski definition) is 5. The number of piperazine rings is 1. The van der Waals surface area contributed by atoms with E-state index in [0.717, 1.165) is 43.3 Å². The lowest BCUT2D eigenvalue weighted by atomic mass is 9.86. The third-order valence-electron chi connectivity index (χ3n) is 6.98. The summed E-state index contributed by atoms with van der Waals surface area (Å²) in [5.41, 5.74) is 3.12. The van der Waals surface area contributed by atoms with E-state index in [0.29, 0.717) is 24.7 Å². The molecule has 0 spiro atoms. The second-order valence-electron chi connectivity index (χ2n) is 9.10. The van der Waals surface area contributed by atoms with Gasteiger partial charge in [-0.15, -0.1) is 0 Å². The van der Waals surface area contributed by atoms with Crippen LogP contribution in [0.15, 0.2) is 0 Å². The summed E-state index contributed by atoms with van der Waals surface area (Å²) in [6.45, 7) is 7.18. The molecule has 1 aliphatic carbocycles. The van der Waals surface area contributed by atoms with Crippen molar-refractivity contribution in [1.82, 2.24) is 14.7 Å². The average Bonchev–Trinajstić information content (AvgIpc) is 3.21. The largest absolute Gasteiger partial charge is 0.365 e. The lowest BCUT2D eigenvalue weighted by Crippen LogP contribution is -2.49. The highest BCUT2D eigenvalue weighted by Crippen LogP contribution is 2.32. The van der Waals surface area contributed by atoms with Crippen LogP contribution in [0.3, 0.4) is 0 Å². The van der Waals surface area contributed by atoms with E-state index < -0.39 is 9.84 Å². The molecule has 8 heteroatoms. The number of nitrogens with zero attached hydrogens (tertiary/aromatic N) is 4. The summed E-state index contributed by atoms with van der Waals surface area (Å²) in [7, 11) is -2.94. The molecule has 0 radical (unpaired) electrons. The van der Waals surface area contributed by atoms with Gasteiger partial charge in [0.1, 0.15) is 0 Å². The summed E-state index contributed by atoms with van der Waals surface area (Å²) < 4.78 is 25.7. The van der Waals surface area contributed by atoms with Crippen LogP contribution < -0.4 is 4.90 Å². The van der Waals surface area contributed by atoms with Crippen LogP contribution in [0.1, 0.15) is 62.4 Å². The van der Waals surface area contributed by atoms with Gasteiger partial charge >= 0.3 is 0 Å². The van der Waals surface area contributed by atoms with Gasteiger partial charge in [0, 0.05) is 32.6 Å². The quantitative estimate of drug-likeness (QED) is 0.745. The van der Waals surface area contributed by atoms with Crippen molar-refractivity contribution in [3.63, 3.8) is 0 Å². The van der Waals surface area contributed by atoms with Gasteiger partial charge in [0.25, 0.3) is 0 Å². The molecule has 7 nitrogen and oxygen atoms in total. The number of hydrogen-bond donors (Lipinski definition) is 0. The fourth-order valence-corrected chi connectivity index (χ4v) is 7.07. The molecule has 2 saturated heterocycles. The summed E-state index contributed by atoms with van der Waals surface area (Å²) in [6.07, 6.45) is 7.65. The maximum absolute atomic E-state index is 12.7. The lowest BCUT2D eigenvalue weighted by molar-refractivity contribution is -0.132. The van der Waals surface area contributed by atoms with E-state index in [1.165, 1.54) is 32.1 Å². The Labute approximate surface area is 174 Å². The zero-order valence-corrected chi connectivity index (χ0v) is 18.6. The first kappa shape index (κ1) is 20.7. The molecule has 1 amide bonds. The van der Waals surface area contributed by atoms with Gasteiger partial charge in [0.2, 0.25) is 5.91 Å². The number of carbonyl (C=O) groups excluding carboxylic acids is 1. The minimum atomic E-state index is -2.94. The molecule has 1 unspecified atom stereocenters. The summed E-state index contributed by atoms with van der Waals surface area (Å²) in [5, 5.41) is 4.69. The highest BCUT2D eigenvalue weighted by molar-refractivity contribution is 7.91. The van der Waals surface area contributed by atoms with Crippen molar-refractivity contribution in [2.24, 2.45) is 5.92 Å². The Morgan fingerprint density at radius 3 is 2.34 bits per heavy atom. The minimum absolute atomic E-state index is 0.0502. The Balaban J connectivity index is 1.38. The summed E-state index contributed by atoms with van der Waals surface area (Å²) in [4.78, 5) is 17.1. The summed E-state index contributed by atoms with van der Waals surface area (Å²) in [5.74, 6) is 1.35. The van der Waals surface area contributed by atoms with Crippen molar-refractivity contribution in [2.75, 3.05) is 42.6 Å². The molecule has 1 aromatic heterocycles. The van der Waals surface area contributed by atoms with Crippen LogP contribution in [0.25, 0.3) is 0 Å². The van der Waals surface area contributed by atoms with Gasteiger partial charge in [-0.25, -0.2) is 8.42 Å². The van der Waals surface area contributed by atoms with Gasteiger partial charge in [0.15, 0.2) is 9.84 Å². The standard InChI is InChI=1S/C21H34N4O3S/c1-16-21(17(2)25(22-16)19-8-13-29(27,28)15-19)24-11-9-23(10-12-24)20(26)14-18-6-4-3-5-7-18/h18-19H,3-15H2,1-2H3.